The molecule has 0 saturated heterocycles. The third-order valence-electron chi connectivity index (χ3n) is 7.30. The normalized spacial score (nSPS) is 14.5. The van der Waals surface area contributed by atoms with Crippen molar-refractivity contribution >= 4 is 45.0 Å². The van der Waals surface area contributed by atoms with Crippen molar-refractivity contribution in [2.75, 3.05) is 13.7 Å². The number of benzene rings is 4. The summed E-state index contributed by atoms with van der Waals surface area (Å²) in [4.78, 5) is 33.1. The number of ether oxygens (including phenoxy) is 3. The first-order chi connectivity index (χ1) is 21.9. The van der Waals surface area contributed by atoms with Crippen LogP contribution in [0.1, 0.15) is 35.2 Å². The highest BCUT2D eigenvalue weighted by Crippen LogP contribution is 2.35. The minimum atomic E-state index is -0.752. The maximum atomic E-state index is 14.1. The molecule has 0 radical (unpaired) electrons. The number of hydrogen-bond acceptors (Lipinski definition) is 7. The van der Waals surface area contributed by atoms with Crippen LogP contribution in [0.2, 0.25) is 0 Å². The zero-order chi connectivity index (χ0) is 31.3. The third-order valence-corrected chi connectivity index (χ3v) is 8.81. The van der Waals surface area contributed by atoms with Gasteiger partial charge in [0.1, 0.15) is 18.1 Å². The van der Waals surface area contributed by atoms with E-state index in [1.165, 1.54) is 11.3 Å². The van der Waals surface area contributed by atoms with Crippen molar-refractivity contribution in [2.45, 2.75) is 19.6 Å². The van der Waals surface area contributed by atoms with Gasteiger partial charge in [0, 0.05) is 10.0 Å². The average molecular weight is 682 g/mol. The highest BCUT2D eigenvalue weighted by atomic mass is 79.9. The largest absolute Gasteiger partial charge is 0.497 e. The number of carbonyl (C=O) groups excluding carboxylic acids is 1. The second kappa shape index (κ2) is 13.5. The average Bonchev–Trinajstić information content (AvgIpc) is 3.38. The van der Waals surface area contributed by atoms with Gasteiger partial charge in [-0.25, -0.2) is 9.79 Å². The number of hydrogen-bond donors (Lipinski definition) is 0. The standard InChI is InChI=1S/C36H29BrN2O5S/c1-3-43-35(41)31-32(25-7-5-4-6-8-25)38-36-39(33(31)26-13-19-28(42-2)20-14-26)34(40)30(45-36)21-23-11-17-29(18-12-23)44-22-24-9-15-27(37)16-10-24/h4-21,33H,3,22H2,1-2H3/b30-21-/t33-/m1/s1. The molecule has 0 amide bonds. The van der Waals surface area contributed by atoms with E-state index in [4.69, 9.17) is 19.2 Å². The van der Waals surface area contributed by atoms with Crippen LogP contribution in [0, 0.1) is 0 Å². The van der Waals surface area contributed by atoms with E-state index in [-0.39, 0.29) is 12.2 Å². The molecule has 4 aromatic carbocycles. The van der Waals surface area contributed by atoms with E-state index >= 15 is 0 Å². The molecule has 2 heterocycles. The minimum absolute atomic E-state index is 0.187. The Hall–Kier alpha value is -4.73. The van der Waals surface area contributed by atoms with Crippen LogP contribution in [0.3, 0.4) is 0 Å². The summed E-state index contributed by atoms with van der Waals surface area (Å²) in [7, 11) is 1.59. The molecule has 5 aromatic rings. The van der Waals surface area contributed by atoms with E-state index < -0.39 is 12.0 Å². The predicted molar refractivity (Wildman–Crippen MR) is 179 cm³/mol. The Balaban J connectivity index is 1.43. The number of carbonyl (C=O) groups is 1. The topological polar surface area (TPSA) is 79.1 Å². The SMILES string of the molecule is CCOC(=O)C1=C(c2ccccc2)N=c2s/c(=C\c3ccc(OCc4ccc(Br)cc4)cc3)c(=O)n2[C@@H]1c1ccc(OC)cc1. The number of fused-ring (bicyclic) bond motifs is 1. The van der Waals surface area contributed by atoms with Crippen LogP contribution in [0.5, 0.6) is 11.5 Å². The summed E-state index contributed by atoms with van der Waals surface area (Å²) in [6, 6.07) is 31.7. The number of esters is 1. The molecule has 7 nitrogen and oxygen atoms in total. The highest BCUT2D eigenvalue weighted by molar-refractivity contribution is 9.10. The van der Waals surface area contributed by atoms with Crippen LogP contribution < -0.4 is 24.4 Å². The molecule has 0 N–H and O–H groups in total. The fourth-order valence-corrected chi connectivity index (χ4v) is 6.37. The molecule has 0 unspecified atom stereocenters. The Kier molecular flexibility index (Phi) is 9.09. The summed E-state index contributed by atoms with van der Waals surface area (Å²) in [6.45, 7) is 2.39. The lowest BCUT2D eigenvalue weighted by Crippen LogP contribution is -2.40. The van der Waals surface area contributed by atoms with Crippen LogP contribution in [-0.4, -0.2) is 24.3 Å². The lowest BCUT2D eigenvalue weighted by molar-refractivity contribution is -0.138. The number of nitrogens with zero attached hydrogens (tertiary/aromatic N) is 2. The van der Waals surface area contributed by atoms with Gasteiger partial charge in [-0.05, 0) is 66.1 Å². The summed E-state index contributed by atoms with van der Waals surface area (Å²) in [5, 5.41) is 0. The van der Waals surface area contributed by atoms with Crippen molar-refractivity contribution < 1.29 is 19.0 Å². The summed E-state index contributed by atoms with van der Waals surface area (Å²) in [6.07, 6.45) is 1.84. The summed E-state index contributed by atoms with van der Waals surface area (Å²) < 4.78 is 20.0. The van der Waals surface area contributed by atoms with Crippen molar-refractivity contribution in [1.29, 1.82) is 0 Å². The van der Waals surface area contributed by atoms with E-state index in [0.29, 0.717) is 33.0 Å². The second-order valence-electron chi connectivity index (χ2n) is 10.2. The first kappa shape index (κ1) is 30.3. The maximum Gasteiger partial charge on any atom is 0.338 e. The monoisotopic (exact) mass is 680 g/mol. The van der Waals surface area contributed by atoms with Crippen molar-refractivity contribution in [1.82, 2.24) is 4.57 Å². The Morgan fingerprint density at radius 1 is 0.933 bits per heavy atom. The van der Waals surface area contributed by atoms with Gasteiger partial charge in [0.25, 0.3) is 5.56 Å². The molecular formula is C36H29BrN2O5S. The quantitative estimate of drug-likeness (QED) is 0.171. The van der Waals surface area contributed by atoms with Crippen LogP contribution in [0.4, 0.5) is 0 Å². The van der Waals surface area contributed by atoms with E-state index in [1.807, 2.05) is 109 Å². The van der Waals surface area contributed by atoms with Gasteiger partial charge in [-0.2, -0.15) is 0 Å². The molecule has 1 atom stereocenters. The van der Waals surface area contributed by atoms with E-state index in [2.05, 4.69) is 15.9 Å². The van der Waals surface area contributed by atoms with Crippen molar-refractivity contribution in [3.63, 3.8) is 0 Å². The van der Waals surface area contributed by atoms with Gasteiger partial charge in [0.2, 0.25) is 0 Å². The summed E-state index contributed by atoms with van der Waals surface area (Å²) in [5.74, 6) is 0.872. The van der Waals surface area contributed by atoms with Crippen molar-refractivity contribution in [3.05, 3.63) is 155 Å². The molecule has 0 fully saturated rings. The minimum Gasteiger partial charge on any atom is -0.497 e. The summed E-state index contributed by atoms with van der Waals surface area (Å²) in [5.41, 5.74) is 3.94. The van der Waals surface area contributed by atoms with Crippen molar-refractivity contribution in [3.8, 4) is 11.5 Å². The Morgan fingerprint density at radius 2 is 1.62 bits per heavy atom. The Morgan fingerprint density at radius 3 is 2.29 bits per heavy atom. The van der Waals surface area contributed by atoms with Gasteiger partial charge < -0.3 is 14.2 Å². The van der Waals surface area contributed by atoms with Gasteiger partial charge in [-0.15, -0.1) is 0 Å². The molecule has 226 valence electrons. The van der Waals surface area contributed by atoms with Gasteiger partial charge >= 0.3 is 5.97 Å². The zero-order valence-corrected chi connectivity index (χ0v) is 27.0. The van der Waals surface area contributed by atoms with E-state index in [9.17, 15) is 9.59 Å². The number of rotatable bonds is 9. The van der Waals surface area contributed by atoms with Crippen LogP contribution in [-0.2, 0) is 16.1 Å². The molecule has 1 aliphatic rings. The molecule has 0 spiro atoms. The molecule has 0 aliphatic carbocycles. The van der Waals surface area contributed by atoms with Gasteiger partial charge in [0.05, 0.1) is 35.6 Å². The van der Waals surface area contributed by atoms with Crippen LogP contribution >= 0.6 is 27.3 Å². The smallest absolute Gasteiger partial charge is 0.338 e. The summed E-state index contributed by atoms with van der Waals surface area (Å²) >= 11 is 4.73. The van der Waals surface area contributed by atoms with E-state index in [0.717, 1.165) is 32.5 Å². The van der Waals surface area contributed by atoms with Gasteiger partial charge in [-0.1, -0.05) is 94.0 Å². The molecule has 6 rings (SSSR count). The van der Waals surface area contributed by atoms with Crippen molar-refractivity contribution in [2.24, 2.45) is 4.99 Å². The molecule has 1 aromatic heterocycles. The maximum absolute atomic E-state index is 14.1. The van der Waals surface area contributed by atoms with Gasteiger partial charge in [-0.3, -0.25) is 9.36 Å². The number of thiazole rings is 1. The lowest BCUT2D eigenvalue weighted by atomic mass is 9.93. The fraction of sp³-hybridized carbons (Fsp3) is 0.139. The first-order valence-corrected chi connectivity index (χ1v) is 16.0. The predicted octanol–water partition coefficient (Wildman–Crippen LogP) is 6.29. The molecule has 45 heavy (non-hydrogen) atoms. The Labute approximate surface area is 272 Å². The second-order valence-corrected chi connectivity index (χ2v) is 12.1. The first-order valence-electron chi connectivity index (χ1n) is 14.3. The molecule has 1 aliphatic heterocycles. The third kappa shape index (κ3) is 6.55. The zero-order valence-electron chi connectivity index (χ0n) is 24.6. The van der Waals surface area contributed by atoms with E-state index in [1.54, 1.807) is 18.6 Å². The molecule has 9 heteroatoms. The number of methoxy groups -OCH3 is 1. The molecule has 0 saturated carbocycles. The van der Waals surface area contributed by atoms with Crippen LogP contribution in [0.15, 0.2) is 123 Å². The molecule has 0 bridgehead atoms. The number of halogens is 1. The fourth-order valence-electron chi connectivity index (χ4n) is 5.10. The number of aromatic nitrogens is 1. The highest BCUT2D eigenvalue weighted by Gasteiger charge is 2.35. The van der Waals surface area contributed by atoms with Gasteiger partial charge in [0.15, 0.2) is 4.80 Å². The lowest BCUT2D eigenvalue weighted by Gasteiger charge is -2.26. The molecular weight excluding hydrogens is 652 g/mol. The Bertz CT molecular complexity index is 2030. The van der Waals surface area contributed by atoms with Crippen LogP contribution in [0.25, 0.3) is 11.8 Å².